The second-order valence-corrected chi connectivity index (χ2v) is 9.72. The first-order chi connectivity index (χ1) is 4.89. The molecule has 1 rings (SSSR count). The van der Waals surface area contributed by atoms with Crippen LogP contribution in [0.1, 0.15) is 27.7 Å². The van der Waals surface area contributed by atoms with Crippen LogP contribution >= 0.6 is 7.26 Å². The molecule has 4 atom stereocenters. The molecular weight excluding hydrogens is 151 g/mol. The molecule has 0 aliphatic carbocycles. The Morgan fingerprint density at radius 3 is 1.09 bits per heavy atom. The maximum Gasteiger partial charge on any atom is 0.0696 e. The van der Waals surface area contributed by atoms with E-state index in [4.69, 9.17) is 0 Å². The number of hydrogen-bond acceptors (Lipinski definition) is 0. The highest BCUT2D eigenvalue weighted by Gasteiger charge is 2.53. The molecule has 0 nitrogen and oxygen atoms in total. The Labute approximate surface area is 72.1 Å². The van der Waals surface area contributed by atoms with Gasteiger partial charge in [0.05, 0.1) is 11.3 Å². The van der Waals surface area contributed by atoms with Crippen molar-refractivity contribution in [2.75, 3.05) is 13.3 Å². The van der Waals surface area contributed by atoms with Crippen LogP contribution < -0.4 is 0 Å². The van der Waals surface area contributed by atoms with Crippen LogP contribution in [0, 0.1) is 11.8 Å². The summed E-state index contributed by atoms with van der Waals surface area (Å²) in [4.78, 5) is 0. The minimum Gasteiger partial charge on any atom is -0.0584 e. The zero-order valence-electron chi connectivity index (χ0n) is 8.76. The van der Waals surface area contributed by atoms with Crippen molar-refractivity contribution in [2.45, 2.75) is 39.0 Å². The Morgan fingerprint density at radius 1 is 0.727 bits per heavy atom. The van der Waals surface area contributed by atoms with Gasteiger partial charge in [0.1, 0.15) is 0 Å². The first-order valence-electron chi connectivity index (χ1n) is 4.72. The van der Waals surface area contributed by atoms with Gasteiger partial charge in [-0.1, -0.05) is 13.8 Å². The van der Waals surface area contributed by atoms with Crippen molar-refractivity contribution < 1.29 is 0 Å². The minimum atomic E-state index is -0.588. The van der Waals surface area contributed by atoms with Gasteiger partial charge in [-0.05, 0) is 25.7 Å². The van der Waals surface area contributed by atoms with E-state index in [0.717, 1.165) is 23.2 Å². The average molecular weight is 173 g/mol. The fourth-order valence-electron chi connectivity index (χ4n) is 2.46. The van der Waals surface area contributed by atoms with Crippen molar-refractivity contribution in [2.24, 2.45) is 11.8 Å². The van der Waals surface area contributed by atoms with E-state index in [2.05, 4.69) is 41.0 Å². The van der Waals surface area contributed by atoms with Gasteiger partial charge in [-0.25, -0.2) is 0 Å². The normalized spacial score (nSPS) is 49.6. The average Bonchev–Trinajstić information content (AvgIpc) is 2.06. The van der Waals surface area contributed by atoms with Crippen LogP contribution in [0.15, 0.2) is 0 Å². The third kappa shape index (κ3) is 1.24. The molecule has 0 radical (unpaired) electrons. The van der Waals surface area contributed by atoms with Gasteiger partial charge in [0.15, 0.2) is 0 Å². The van der Waals surface area contributed by atoms with Crippen LogP contribution in [0.25, 0.3) is 0 Å². The summed E-state index contributed by atoms with van der Waals surface area (Å²) in [6.07, 6.45) is 0. The molecule has 0 aromatic carbocycles. The summed E-state index contributed by atoms with van der Waals surface area (Å²) in [7, 11) is -0.588. The Balaban J connectivity index is 2.87. The van der Waals surface area contributed by atoms with Crippen molar-refractivity contribution in [3.05, 3.63) is 0 Å². The predicted octanol–water partition coefficient (Wildman–Crippen LogP) is 3.33. The third-order valence-electron chi connectivity index (χ3n) is 4.45. The van der Waals surface area contributed by atoms with Gasteiger partial charge >= 0.3 is 0 Å². The fraction of sp³-hybridized carbons (Fsp3) is 1.00. The molecule has 1 heteroatoms. The van der Waals surface area contributed by atoms with E-state index in [-0.39, 0.29) is 0 Å². The summed E-state index contributed by atoms with van der Waals surface area (Å²) < 4.78 is 0. The van der Waals surface area contributed by atoms with E-state index in [1.807, 2.05) is 0 Å². The monoisotopic (exact) mass is 173 g/mol. The van der Waals surface area contributed by atoms with E-state index in [9.17, 15) is 0 Å². The molecule has 66 valence electrons. The van der Waals surface area contributed by atoms with Crippen LogP contribution in [-0.4, -0.2) is 24.6 Å². The molecule has 0 bridgehead atoms. The van der Waals surface area contributed by atoms with E-state index in [1.165, 1.54) is 0 Å². The second-order valence-electron chi connectivity index (χ2n) is 4.83. The Bertz CT molecular complexity index is 135. The largest absolute Gasteiger partial charge is 0.0696 e. The van der Waals surface area contributed by atoms with Crippen LogP contribution in [0.4, 0.5) is 0 Å². The predicted molar refractivity (Wildman–Crippen MR) is 56.0 cm³/mol. The van der Waals surface area contributed by atoms with Crippen molar-refractivity contribution >= 4 is 7.26 Å². The molecule has 0 spiro atoms. The molecule has 0 amide bonds. The molecule has 0 saturated carbocycles. The van der Waals surface area contributed by atoms with Crippen molar-refractivity contribution in [1.82, 2.24) is 0 Å². The van der Waals surface area contributed by atoms with Crippen LogP contribution in [0.3, 0.4) is 0 Å². The molecule has 1 saturated heterocycles. The van der Waals surface area contributed by atoms with Crippen LogP contribution in [0.5, 0.6) is 0 Å². The lowest BCUT2D eigenvalue weighted by Gasteiger charge is -2.22. The van der Waals surface area contributed by atoms with Crippen LogP contribution in [-0.2, 0) is 0 Å². The van der Waals surface area contributed by atoms with E-state index < -0.39 is 7.26 Å². The van der Waals surface area contributed by atoms with Crippen molar-refractivity contribution in [1.29, 1.82) is 0 Å². The molecule has 1 fully saturated rings. The molecule has 0 N–H and O–H groups in total. The maximum absolute atomic E-state index is 2.53. The SMILES string of the molecule is CC1C(C)C(C)[P+](C)(C)C1C. The lowest BCUT2D eigenvalue weighted by Crippen LogP contribution is -2.12. The van der Waals surface area contributed by atoms with Crippen molar-refractivity contribution in [3.63, 3.8) is 0 Å². The third-order valence-corrected chi connectivity index (χ3v) is 9.59. The lowest BCUT2D eigenvalue weighted by molar-refractivity contribution is 0.413. The molecule has 0 aromatic rings. The van der Waals surface area contributed by atoms with Crippen molar-refractivity contribution in [3.8, 4) is 0 Å². The quantitative estimate of drug-likeness (QED) is 0.493. The van der Waals surface area contributed by atoms with Gasteiger partial charge in [0.25, 0.3) is 0 Å². The van der Waals surface area contributed by atoms with Gasteiger partial charge in [-0.15, -0.1) is 0 Å². The standard InChI is InChI=1S/C10H22P/c1-7-8(2)10(4)11(5,6)9(7)3/h7-10H,1-6H3/q+1. The van der Waals surface area contributed by atoms with E-state index in [0.29, 0.717) is 0 Å². The molecular formula is C10H22P+. The summed E-state index contributed by atoms with van der Waals surface area (Å²) in [5.74, 6) is 1.90. The summed E-state index contributed by atoms with van der Waals surface area (Å²) in [6.45, 7) is 14.8. The first kappa shape index (κ1) is 9.52. The van der Waals surface area contributed by atoms with Gasteiger partial charge < -0.3 is 0 Å². The summed E-state index contributed by atoms with van der Waals surface area (Å²) in [6, 6.07) is 0. The Kier molecular flexibility index (Phi) is 2.36. The Morgan fingerprint density at radius 2 is 1.00 bits per heavy atom. The summed E-state index contributed by atoms with van der Waals surface area (Å²) in [5, 5.41) is 0. The molecule has 0 aromatic heterocycles. The maximum atomic E-state index is 2.53. The van der Waals surface area contributed by atoms with Crippen LogP contribution in [0.2, 0.25) is 0 Å². The topological polar surface area (TPSA) is 0 Å². The van der Waals surface area contributed by atoms with Gasteiger partial charge in [-0.2, -0.15) is 0 Å². The zero-order chi connectivity index (χ0) is 8.81. The smallest absolute Gasteiger partial charge is 0.0584 e. The highest BCUT2D eigenvalue weighted by atomic mass is 31.2. The minimum absolute atomic E-state index is 0.588. The molecule has 1 aliphatic heterocycles. The number of hydrogen-bond donors (Lipinski definition) is 0. The van der Waals surface area contributed by atoms with Gasteiger partial charge in [0, 0.05) is 20.6 Å². The zero-order valence-corrected chi connectivity index (χ0v) is 9.65. The number of rotatable bonds is 0. The fourth-order valence-corrected chi connectivity index (χ4v) is 6.17. The highest BCUT2D eigenvalue weighted by molar-refractivity contribution is 7.76. The summed E-state index contributed by atoms with van der Waals surface area (Å²) >= 11 is 0. The highest BCUT2D eigenvalue weighted by Crippen LogP contribution is 2.70. The molecule has 4 unspecified atom stereocenters. The lowest BCUT2D eigenvalue weighted by atomic mass is 9.92. The second kappa shape index (κ2) is 2.73. The molecule has 1 heterocycles. The van der Waals surface area contributed by atoms with Gasteiger partial charge in [0.2, 0.25) is 0 Å². The van der Waals surface area contributed by atoms with E-state index >= 15 is 0 Å². The van der Waals surface area contributed by atoms with Gasteiger partial charge in [-0.3, -0.25) is 0 Å². The summed E-state index contributed by atoms with van der Waals surface area (Å²) in [5.41, 5.74) is 1.99. The molecule has 11 heavy (non-hydrogen) atoms. The first-order valence-corrected chi connectivity index (χ1v) is 7.54. The Hall–Kier alpha value is 0.430. The molecule has 1 aliphatic rings. The van der Waals surface area contributed by atoms with E-state index in [1.54, 1.807) is 0 Å².